The van der Waals surface area contributed by atoms with Crippen molar-refractivity contribution in [2.75, 3.05) is 32.8 Å². The van der Waals surface area contributed by atoms with Crippen LogP contribution in [0.15, 0.2) is 27.8 Å². The fourth-order valence-electron chi connectivity index (χ4n) is 4.05. The molecule has 1 aliphatic heterocycles. The Hall–Kier alpha value is -1.49. The van der Waals surface area contributed by atoms with E-state index in [0.717, 1.165) is 76.1 Å². The first kappa shape index (κ1) is 20.2. The van der Waals surface area contributed by atoms with Crippen LogP contribution in [0.1, 0.15) is 64.1 Å². The second kappa shape index (κ2) is 11.4. The van der Waals surface area contributed by atoms with Gasteiger partial charge in [0.2, 0.25) is 0 Å². The number of hydrogen-bond donors (Lipinski definition) is 1. The zero-order valence-corrected chi connectivity index (χ0v) is 17.0. The van der Waals surface area contributed by atoms with E-state index in [1.807, 2.05) is 12.1 Å². The third kappa shape index (κ3) is 6.87. The Morgan fingerprint density at radius 2 is 2.07 bits per heavy atom. The molecule has 2 fully saturated rings. The number of guanidine groups is 1. The van der Waals surface area contributed by atoms with Gasteiger partial charge in [0.15, 0.2) is 5.96 Å². The van der Waals surface area contributed by atoms with Crippen molar-refractivity contribution in [3.8, 4) is 0 Å². The lowest BCUT2D eigenvalue weighted by atomic mass is 10.1. The van der Waals surface area contributed by atoms with Crippen LogP contribution in [0.5, 0.6) is 0 Å². The molecule has 1 aliphatic carbocycles. The summed E-state index contributed by atoms with van der Waals surface area (Å²) in [5.41, 5.74) is 0. The minimum Gasteiger partial charge on any atom is -0.469 e. The summed E-state index contributed by atoms with van der Waals surface area (Å²) in [7, 11) is 0. The van der Waals surface area contributed by atoms with Crippen LogP contribution in [0.25, 0.3) is 0 Å². The van der Waals surface area contributed by atoms with Crippen molar-refractivity contribution in [1.29, 1.82) is 0 Å². The van der Waals surface area contributed by atoms with Gasteiger partial charge in [0, 0.05) is 39.2 Å². The van der Waals surface area contributed by atoms with Crippen molar-refractivity contribution in [1.82, 2.24) is 10.2 Å². The quantitative estimate of drug-likeness (QED) is 0.398. The number of nitrogens with one attached hydrogen (secondary N) is 1. The van der Waals surface area contributed by atoms with E-state index in [0.29, 0.717) is 6.10 Å². The van der Waals surface area contributed by atoms with Gasteiger partial charge < -0.3 is 19.4 Å². The number of nitrogens with zero attached hydrogens (tertiary/aromatic N) is 2. The van der Waals surface area contributed by atoms with E-state index >= 15 is 0 Å². The minimum absolute atomic E-state index is 0.432. The van der Waals surface area contributed by atoms with Gasteiger partial charge in [-0.2, -0.15) is 0 Å². The average molecular weight is 376 g/mol. The monoisotopic (exact) mass is 375 g/mol. The van der Waals surface area contributed by atoms with Crippen molar-refractivity contribution in [3.05, 3.63) is 24.2 Å². The van der Waals surface area contributed by atoms with Crippen LogP contribution in [-0.2, 0) is 11.2 Å². The van der Waals surface area contributed by atoms with Crippen molar-refractivity contribution in [3.63, 3.8) is 0 Å². The molecule has 0 unspecified atom stereocenters. The second-order valence-electron chi connectivity index (χ2n) is 7.99. The third-order valence-corrected chi connectivity index (χ3v) is 5.79. The molecule has 0 atom stereocenters. The molecular formula is C22H37N3O2. The van der Waals surface area contributed by atoms with Crippen LogP contribution in [-0.4, -0.2) is 49.7 Å². The topological polar surface area (TPSA) is 50.0 Å². The summed E-state index contributed by atoms with van der Waals surface area (Å²) < 4.78 is 11.7. The van der Waals surface area contributed by atoms with Gasteiger partial charge in [-0.1, -0.05) is 26.2 Å². The molecule has 27 heavy (non-hydrogen) atoms. The van der Waals surface area contributed by atoms with Crippen LogP contribution in [0.3, 0.4) is 0 Å². The SMILES string of the molecule is CCCCN=C(NCCc1ccco1)N1CCC(OCC2CCCC2)CC1. The van der Waals surface area contributed by atoms with Gasteiger partial charge in [0.05, 0.1) is 12.4 Å². The molecule has 0 amide bonds. The molecule has 5 nitrogen and oxygen atoms in total. The zero-order chi connectivity index (χ0) is 18.7. The van der Waals surface area contributed by atoms with Crippen molar-refractivity contribution in [2.45, 2.75) is 70.8 Å². The van der Waals surface area contributed by atoms with Gasteiger partial charge >= 0.3 is 0 Å². The smallest absolute Gasteiger partial charge is 0.193 e. The Bertz CT molecular complexity index is 530. The van der Waals surface area contributed by atoms with Crippen molar-refractivity contribution in [2.24, 2.45) is 10.9 Å². The summed E-state index contributed by atoms with van der Waals surface area (Å²) in [5, 5.41) is 3.55. The summed E-state index contributed by atoms with van der Waals surface area (Å²) in [6.45, 7) is 7.02. The maximum atomic E-state index is 6.22. The van der Waals surface area contributed by atoms with Gasteiger partial charge in [-0.3, -0.25) is 4.99 Å². The number of hydrogen-bond acceptors (Lipinski definition) is 3. The van der Waals surface area contributed by atoms with E-state index in [4.69, 9.17) is 14.1 Å². The maximum absolute atomic E-state index is 6.22. The predicted molar refractivity (Wildman–Crippen MR) is 110 cm³/mol. The number of ether oxygens (including phenoxy) is 1. The first-order valence-electron chi connectivity index (χ1n) is 11.0. The second-order valence-corrected chi connectivity index (χ2v) is 7.99. The molecule has 1 saturated carbocycles. The number of rotatable bonds is 9. The normalized spacial score (nSPS) is 19.7. The highest BCUT2D eigenvalue weighted by Crippen LogP contribution is 2.26. The van der Waals surface area contributed by atoms with E-state index in [9.17, 15) is 0 Å². The molecule has 0 bridgehead atoms. The molecule has 152 valence electrons. The highest BCUT2D eigenvalue weighted by atomic mass is 16.5. The van der Waals surface area contributed by atoms with E-state index in [2.05, 4.69) is 17.1 Å². The molecular weight excluding hydrogens is 338 g/mol. The lowest BCUT2D eigenvalue weighted by molar-refractivity contribution is 0.00101. The van der Waals surface area contributed by atoms with E-state index < -0.39 is 0 Å². The van der Waals surface area contributed by atoms with Crippen LogP contribution >= 0.6 is 0 Å². The summed E-state index contributed by atoms with van der Waals surface area (Å²) in [4.78, 5) is 7.26. The zero-order valence-electron chi connectivity index (χ0n) is 17.0. The average Bonchev–Trinajstić information content (AvgIpc) is 3.40. The van der Waals surface area contributed by atoms with Crippen LogP contribution in [0, 0.1) is 5.92 Å². The van der Waals surface area contributed by atoms with E-state index in [1.165, 1.54) is 32.1 Å². The van der Waals surface area contributed by atoms with E-state index in [-0.39, 0.29) is 0 Å². The molecule has 0 aromatic carbocycles. The Kier molecular flexibility index (Phi) is 8.53. The first-order chi connectivity index (χ1) is 13.3. The highest BCUT2D eigenvalue weighted by molar-refractivity contribution is 5.80. The standard InChI is InChI=1S/C22H37N3O2/c1-2-3-13-23-22(24-14-10-20-9-6-17-26-20)25-15-11-21(12-16-25)27-18-19-7-4-5-8-19/h6,9,17,19,21H,2-5,7-8,10-16,18H2,1H3,(H,23,24). The number of furan rings is 1. The lowest BCUT2D eigenvalue weighted by Gasteiger charge is -2.34. The third-order valence-electron chi connectivity index (χ3n) is 5.79. The van der Waals surface area contributed by atoms with Crippen LogP contribution < -0.4 is 5.32 Å². The molecule has 0 radical (unpaired) electrons. The molecule has 1 N–H and O–H groups in total. The minimum atomic E-state index is 0.432. The fraction of sp³-hybridized carbons (Fsp3) is 0.773. The number of piperidine rings is 1. The van der Waals surface area contributed by atoms with Gasteiger partial charge in [-0.15, -0.1) is 0 Å². The summed E-state index contributed by atoms with van der Waals surface area (Å²) in [5.74, 6) is 2.90. The summed E-state index contributed by atoms with van der Waals surface area (Å²) in [6, 6.07) is 3.98. The molecule has 1 saturated heterocycles. The van der Waals surface area contributed by atoms with Gasteiger partial charge in [0.1, 0.15) is 5.76 Å². The molecule has 2 heterocycles. The Morgan fingerprint density at radius 3 is 2.78 bits per heavy atom. The Balaban J connectivity index is 1.42. The highest BCUT2D eigenvalue weighted by Gasteiger charge is 2.24. The molecule has 1 aromatic rings. The first-order valence-corrected chi connectivity index (χ1v) is 11.0. The lowest BCUT2D eigenvalue weighted by Crippen LogP contribution is -2.47. The van der Waals surface area contributed by atoms with E-state index in [1.54, 1.807) is 6.26 Å². The van der Waals surface area contributed by atoms with Crippen molar-refractivity contribution < 1.29 is 9.15 Å². The van der Waals surface area contributed by atoms with Crippen molar-refractivity contribution >= 4 is 5.96 Å². The number of unbranched alkanes of at least 4 members (excludes halogenated alkanes) is 1. The fourth-order valence-corrected chi connectivity index (χ4v) is 4.05. The van der Waals surface area contributed by atoms with Crippen LogP contribution in [0.4, 0.5) is 0 Å². The maximum Gasteiger partial charge on any atom is 0.193 e. The molecule has 2 aliphatic rings. The predicted octanol–water partition coefficient (Wildman–Crippen LogP) is 4.24. The summed E-state index contributed by atoms with van der Waals surface area (Å²) >= 11 is 0. The molecule has 3 rings (SSSR count). The number of aliphatic imine (C=N–C) groups is 1. The Labute approximate surface area is 164 Å². The van der Waals surface area contributed by atoms with Gasteiger partial charge in [-0.25, -0.2) is 0 Å². The molecule has 1 aromatic heterocycles. The van der Waals surface area contributed by atoms with Crippen LogP contribution in [0.2, 0.25) is 0 Å². The molecule has 5 heteroatoms. The number of likely N-dealkylation sites (tertiary alicyclic amines) is 1. The molecule has 0 spiro atoms. The summed E-state index contributed by atoms with van der Waals surface area (Å²) in [6.07, 6.45) is 13.1. The Morgan fingerprint density at radius 1 is 1.26 bits per heavy atom. The van der Waals surface area contributed by atoms with Gasteiger partial charge in [-0.05, 0) is 50.2 Å². The van der Waals surface area contributed by atoms with Gasteiger partial charge in [0.25, 0.3) is 0 Å². The largest absolute Gasteiger partial charge is 0.469 e.